The van der Waals surface area contributed by atoms with Crippen LogP contribution < -0.4 is 4.72 Å². The summed E-state index contributed by atoms with van der Waals surface area (Å²) in [6.07, 6.45) is -3.65. The molecule has 0 radical (unpaired) electrons. The Morgan fingerprint density at radius 1 is 0.939 bits per heavy atom. The lowest BCUT2D eigenvalue weighted by atomic mass is 10.0. The fourth-order valence-corrected chi connectivity index (χ4v) is 4.84. The van der Waals surface area contributed by atoms with Gasteiger partial charge >= 0.3 is 6.18 Å². The van der Waals surface area contributed by atoms with Crippen molar-refractivity contribution in [3.05, 3.63) is 90.0 Å². The van der Waals surface area contributed by atoms with Crippen LogP contribution in [0, 0.1) is 0 Å². The zero-order chi connectivity index (χ0) is 23.8. The number of nitrogens with one attached hydrogen (secondary N) is 1. The summed E-state index contributed by atoms with van der Waals surface area (Å²) in [6.45, 7) is 6.33. The molecule has 7 heteroatoms. The van der Waals surface area contributed by atoms with Crippen LogP contribution in [0.2, 0.25) is 0 Å². The average Bonchev–Trinajstić information content (AvgIpc) is 3.27. The number of benzene rings is 3. The van der Waals surface area contributed by atoms with Crippen molar-refractivity contribution >= 4 is 11.0 Å². The van der Waals surface area contributed by atoms with Crippen LogP contribution in [0.5, 0.6) is 0 Å². The van der Waals surface area contributed by atoms with E-state index in [2.05, 4.69) is 46.0 Å². The standard InChI is InChI=1S/C24H23F3N2OS.C2H6/c25-24(26,27)21-7-4-8-23(15-21)31(30)28-22-13-14-29(17-22)16-18-9-11-20(12-10-18)19-5-2-1-3-6-19;1-2/h1-12,15,22,28H,13-14,16-17H2;1-2H3. The maximum Gasteiger partial charge on any atom is 0.416 e. The van der Waals surface area contributed by atoms with Crippen molar-refractivity contribution < 1.29 is 17.4 Å². The molecule has 0 spiro atoms. The lowest BCUT2D eigenvalue weighted by Gasteiger charge is -2.17. The molecule has 0 saturated carbocycles. The van der Waals surface area contributed by atoms with Gasteiger partial charge in [-0.3, -0.25) is 4.90 Å². The molecule has 176 valence electrons. The number of nitrogens with zero attached hydrogens (tertiary/aromatic N) is 1. The molecule has 3 nitrogen and oxygen atoms in total. The Bertz CT molecular complexity index is 1040. The second kappa shape index (κ2) is 11.6. The molecular weight excluding hydrogens is 445 g/mol. The first-order chi connectivity index (χ1) is 15.9. The van der Waals surface area contributed by atoms with E-state index in [-0.39, 0.29) is 10.9 Å². The Morgan fingerprint density at radius 3 is 2.27 bits per heavy atom. The summed E-state index contributed by atoms with van der Waals surface area (Å²) in [4.78, 5) is 2.41. The second-order valence-electron chi connectivity index (χ2n) is 7.70. The lowest BCUT2D eigenvalue weighted by Crippen LogP contribution is -2.33. The minimum Gasteiger partial charge on any atom is -0.297 e. The third-order valence-corrected chi connectivity index (χ3v) is 6.62. The van der Waals surface area contributed by atoms with Crippen LogP contribution in [0.3, 0.4) is 0 Å². The van der Waals surface area contributed by atoms with Gasteiger partial charge in [0.15, 0.2) is 0 Å². The van der Waals surface area contributed by atoms with Gasteiger partial charge in [-0.1, -0.05) is 74.5 Å². The van der Waals surface area contributed by atoms with E-state index < -0.39 is 22.7 Å². The average molecular weight is 475 g/mol. The molecular formula is C26H29F3N2OS. The van der Waals surface area contributed by atoms with Gasteiger partial charge in [-0.25, -0.2) is 8.93 Å². The van der Waals surface area contributed by atoms with Crippen molar-refractivity contribution in [2.24, 2.45) is 0 Å². The predicted octanol–water partition coefficient (Wildman–Crippen LogP) is 6.29. The molecule has 1 aliphatic heterocycles. The van der Waals surface area contributed by atoms with Crippen molar-refractivity contribution in [1.29, 1.82) is 0 Å². The van der Waals surface area contributed by atoms with Crippen LogP contribution in [0.15, 0.2) is 83.8 Å². The molecule has 0 aromatic heterocycles. The van der Waals surface area contributed by atoms with Gasteiger partial charge in [0.05, 0.1) is 10.5 Å². The molecule has 0 bridgehead atoms. The van der Waals surface area contributed by atoms with E-state index in [1.54, 1.807) is 0 Å². The summed E-state index contributed by atoms with van der Waals surface area (Å²) < 4.78 is 54.2. The summed E-state index contributed by atoms with van der Waals surface area (Å²) in [5.74, 6) is 0. The number of rotatable bonds is 6. The number of hydrogen-bond donors (Lipinski definition) is 1. The van der Waals surface area contributed by atoms with Crippen molar-refractivity contribution in [2.75, 3.05) is 13.1 Å². The Balaban J connectivity index is 0.00000149. The van der Waals surface area contributed by atoms with E-state index in [1.165, 1.54) is 28.8 Å². The third kappa shape index (κ3) is 7.00. The van der Waals surface area contributed by atoms with E-state index in [1.807, 2.05) is 32.0 Å². The topological polar surface area (TPSA) is 32.3 Å². The Hall–Kier alpha value is -2.48. The SMILES string of the molecule is CC.O=S(NC1CCN(Cc2ccc(-c3ccccc3)cc2)C1)c1cccc(C(F)(F)F)c1. The van der Waals surface area contributed by atoms with E-state index in [0.717, 1.165) is 31.6 Å². The monoisotopic (exact) mass is 474 g/mol. The Morgan fingerprint density at radius 2 is 1.61 bits per heavy atom. The summed E-state index contributed by atoms with van der Waals surface area (Å²) in [7, 11) is -1.68. The molecule has 3 aromatic carbocycles. The first kappa shape index (κ1) is 25.1. The maximum absolute atomic E-state index is 12.9. The largest absolute Gasteiger partial charge is 0.416 e. The quantitative estimate of drug-likeness (QED) is 0.456. The van der Waals surface area contributed by atoms with E-state index in [9.17, 15) is 17.4 Å². The summed E-state index contributed by atoms with van der Waals surface area (Å²) in [5, 5.41) is 0. The van der Waals surface area contributed by atoms with Crippen LogP contribution in [0.25, 0.3) is 11.1 Å². The molecule has 33 heavy (non-hydrogen) atoms. The molecule has 1 aliphatic rings. The van der Waals surface area contributed by atoms with Gasteiger partial charge in [0.25, 0.3) is 0 Å². The van der Waals surface area contributed by atoms with Crippen LogP contribution >= 0.6 is 0 Å². The molecule has 3 aromatic rings. The highest BCUT2D eigenvalue weighted by Gasteiger charge is 2.31. The predicted molar refractivity (Wildman–Crippen MR) is 128 cm³/mol. The van der Waals surface area contributed by atoms with Gasteiger partial charge in [0, 0.05) is 25.7 Å². The van der Waals surface area contributed by atoms with Crippen molar-refractivity contribution in [2.45, 2.75) is 43.9 Å². The molecule has 2 unspecified atom stereocenters. The van der Waals surface area contributed by atoms with Crippen molar-refractivity contribution in [3.63, 3.8) is 0 Å². The maximum atomic E-state index is 12.9. The molecule has 1 heterocycles. The summed E-state index contributed by atoms with van der Waals surface area (Å²) >= 11 is 0. The van der Waals surface area contributed by atoms with Crippen molar-refractivity contribution in [1.82, 2.24) is 9.62 Å². The smallest absolute Gasteiger partial charge is 0.297 e. The first-order valence-corrected chi connectivity index (χ1v) is 12.3. The van der Waals surface area contributed by atoms with Gasteiger partial charge in [0.2, 0.25) is 0 Å². The number of halogens is 3. The fourth-order valence-electron chi connectivity index (χ4n) is 3.77. The highest BCUT2D eigenvalue weighted by Crippen LogP contribution is 2.30. The number of alkyl halides is 3. The van der Waals surface area contributed by atoms with Crippen LogP contribution in [-0.2, 0) is 23.7 Å². The molecule has 1 N–H and O–H groups in total. The number of hydrogen-bond acceptors (Lipinski definition) is 2. The van der Waals surface area contributed by atoms with E-state index >= 15 is 0 Å². The lowest BCUT2D eigenvalue weighted by molar-refractivity contribution is -0.137. The van der Waals surface area contributed by atoms with Gasteiger partial charge < -0.3 is 0 Å². The Labute approximate surface area is 196 Å². The molecule has 2 atom stereocenters. The van der Waals surface area contributed by atoms with Crippen LogP contribution in [-0.4, -0.2) is 28.2 Å². The van der Waals surface area contributed by atoms with Crippen LogP contribution in [0.1, 0.15) is 31.4 Å². The molecule has 0 amide bonds. The highest BCUT2D eigenvalue weighted by molar-refractivity contribution is 7.83. The molecule has 4 rings (SSSR count). The van der Waals surface area contributed by atoms with Crippen LogP contribution in [0.4, 0.5) is 13.2 Å². The third-order valence-electron chi connectivity index (χ3n) is 5.39. The van der Waals surface area contributed by atoms with Gasteiger partial charge in [-0.15, -0.1) is 0 Å². The van der Waals surface area contributed by atoms with E-state index in [4.69, 9.17) is 0 Å². The minimum atomic E-state index is -4.44. The first-order valence-electron chi connectivity index (χ1n) is 11.1. The Kier molecular flexibility index (Phi) is 8.83. The van der Waals surface area contributed by atoms with E-state index in [0.29, 0.717) is 6.54 Å². The van der Waals surface area contributed by atoms with Gasteiger partial charge in [-0.2, -0.15) is 13.2 Å². The van der Waals surface area contributed by atoms with Crippen molar-refractivity contribution in [3.8, 4) is 11.1 Å². The normalized spacial score (nSPS) is 17.3. The summed E-state index contributed by atoms with van der Waals surface area (Å²) in [5.41, 5.74) is 2.75. The minimum absolute atomic E-state index is 0.0287. The molecule has 1 fully saturated rings. The fraction of sp³-hybridized carbons (Fsp3) is 0.308. The molecule has 0 aliphatic carbocycles. The number of likely N-dealkylation sites (tertiary alicyclic amines) is 1. The second-order valence-corrected chi connectivity index (χ2v) is 8.94. The summed E-state index contributed by atoms with van der Waals surface area (Å²) in [6, 6.07) is 23.3. The molecule has 1 saturated heterocycles. The van der Waals surface area contributed by atoms with Gasteiger partial charge in [-0.05, 0) is 41.3 Å². The highest BCUT2D eigenvalue weighted by atomic mass is 32.2. The van der Waals surface area contributed by atoms with Gasteiger partial charge in [0.1, 0.15) is 11.0 Å². The zero-order valence-electron chi connectivity index (χ0n) is 18.8. The zero-order valence-corrected chi connectivity index (χ0v) is 19.6.